The molecule has 3 aromatic heterocycles. The van der Waals surface area contributed by atoms with Gasteiger partial charge in [-0.1, -0.05) is 35.4 Å². The number of aromatic amines is 1. The van der Waals surface area contributed by atoms with Gasteiger partial charge in [0.2, 0.25) is 5.95 Å². The van der Waals surface area contributed by atoms with Gasteiger partial charge in [-0.15, -0.1) is 0 Å². The number of pyridine rings is 1. The molecule has 0 atom stereocenters. The molecule has 11 heteroatoms. The zero-order valence-corrected chi connectivity index (χ0v) is 23.8. The molecule has 0 saturated heterocycles. The zero-order chi connectivity index (χ0) is 29.9. The van der Waals surface area contributed by atoms with Crippen LogP contribution in [0.5, 0.6) is 0 Å². The second kappa shape index (κ2) is 11.6. The maximum absolute atomic E-state index is 13.5. The highest BCUT2D eigenvalue weighted by Gasteiger charge is 2.20. The van der Waals surface area contributed by atoms with Crippen LogP contribution in [0.1, 0.15) is 32.6 Å². The number of esters is 1. The Morgan fingerprint density at radius 3 is 2.65 bits per heavy atom. The van der Waals surface area contributed by atoms with Gasteiger partial charge < -0.3 is 20.4 Å². The fourth-order valence-electron chi connectivity index (χ4n) is 5.15. The summed E-state index contributed by atoms with van der Waals surface area (Å²) in [5.74, 6) is -0.654. The van der Waals surface area contributed by atoms with Crippen LogP contribution in [-0.4, -0.2) is 49.2 Å². The van der Waals surface area contributed by atoms with E-state index in [0.29, 0.717) is 40.4 Å². The number of benzene rings is 3. The Bertz CT molecular complexity index is 2000. The molecule has 0 aliphatic rings. The number of H-pyrrole nitrogens is 1. The monoisotopic (exact) mass is 572 g/mol. The van der Waals surface area contributed by atoms with E-state index in [1.54, 1.807) is 17.0 Å². The van der Waals surface area contributed by atoms with Crippen LogP contribution < -0.4 is 10.6 Å². The number of hydrogen-bond acceptors (Lipinski definition) is 8. The molecular formula is C32H28N8O3. The molecule has 0 saturated carbocycles. The maximum Gasteiger partial charge on any atom is 0.354 e. The summed E-state index contributed by atoms with van der Waals surface area (Å²) >= 11 is 0. The number of rotatable bonds is 8. The smallest absolute Gasteiger partial charge is 0.354 e. The van der Waals surface area contributed by atoms with E-state index in [9.17, 15) is 9.59 Å². The Morgan fingerprint density at radius 1 is 1.02 bits per heavy atom. The fraction of sp³-hybridized carbons (Fsp3) is 0.125. The first-order valence-corrected chi connectivity index (χ1v) is 13.6. The molecule has 3 aromatic carbocycles. The number of nitrogens with one attached hydrogen (secondary N) is 3. The molecular weight excluding hydrogens is 544 g/mol. The number of fused-ring (bicyclic) bond motifs is 2. The lowest BCUT2D eigenvalue weighted by atomic mass is 10.0. The number of ether oxygens (including phenoxy) is 1. The normalized spacial score (nSPS) is 11.6. The average Bonchev–Trinajstić information content (AvgIpc) is 3.69. The summed E-state index contributed by atoms with van der Waals surface area (Å²) in [7, 11) is 1.27. The van der Waals surface area contributed by atoms with Crippen molar-refractivity contribution in [3.8, 4) is 5.69 Å². The standard InChI is InChI=1S/C32H28N8O3/c1-19-13-24(40-32(37-38-39-40)35-18-23-8-6-10-27-25(23)11-12-33-27)14-20(2)29(19)30(41)36-28(31(42)43-3)16-21-15-22-7-4-5-9-26(22)34-17-21/h4-17,33H,18H2,1-3H3,(H,36,41)(H,35,37,39)/b28-16-. The minimum absolute atomic E-state index is 0.00291. The Hall–Kier alpha value is -5.84. The summed E-state index contributed by atoms with van der Waals surface area (Å²) in [6.07, 6.45) is 5.10. The van der Waals surface area contributed by atoms with Crippen molar-refractivity contribution in [3.63, 3.8) is 0 Å². The van der Waals surface area contributed by atoms with E-state index in [4.69, 9.17) is 4.74 Å². The summed E-state index contributed by atoms with van der Waals surface area (Å²) in [4.78, 5) is 33.8. The lowest BCUT2D eigenvalue weighted by molar-refractivity contribution is -0.136. The Morgan fingerprint density at radius 2 is 1.84 bits per heavy atom. The van der Waals surface area contributed by atoms with E-state index < -0.39 is 11.9 Å². The fourth-order valence-corrected chi connectivity index (χ4v) is 5.15. The third kappa shape index (κ3) is 5.55. The molecule has 0 spiro atoms. The Labute approximate surface area is 246 Å². The Kier molecular flexibility index (Phi) is 7.35. The molecule has 214 valence electrons. The van der Waals surface area contributed by atoms with Crippen LogP contribution in [0.3, 0.4) is 0 Å². The molecule has 0 unspecified atom stereocenters. The van der Waals surface area contributed by atoms with E-state index in [-0.39, 0.29) is 5.70 Å². The molecule has 0 aliphatic heterocycles. The number of aryl methyl sites for hydroxylation is 2. The average molecular weight is 573 g/mol. The number of aromatic nitrogens is 6. The van der Waals surface area contributed by atoms with Gasteiger partial charge in [0.1, 0.15) is 5.70 Å². The number of carbonyl (C=O) groups excluding carboxylic acids is 2. The van der Waals surface area contributed by atoms with Crippen LogP contribution in [0.4, 0.5) is 5.95 Å². The van der Waals surface area contributed by atoms with E-state index >= 15 is 0 Å². The minimum Gasteiger partial charge on any atom is -0.464 e. The van der Waals surface area contributed by atoms with Gasteiger partial charge in [0.05, 0.1) is 18.3 Å². The molecule has 11 nitrogen and oxygen atoms in total. The van der Waals surface area contributed by atoms with Gasteiger partial charge in [0, 0.05) is 40.8 Å². The number of para-hydroxylation sites is 1. The third-order valence-electron chi connectivity index (χ3n) is 7.16. The number of amides is 1. The molecule has 43 heavy (non-hydrogen) atoms. The van der Waals surface area contributed by atoms with Gasteiger partial charge in [-0.3, -0.25) is 9.78 Å². The van der Waals surface area contributed by atoms with Crippen LogP contribution in [-0.2, 0) is 16.1 Å². The van der Waals surface area contributed by atoms with Crippen molar-refractivity contribution in [1.29, 1.82) is 0 Å². The molecule has 0 aliphatic carbocycles. The van der Waals surface area contributed by atoms with Crippen molar-refractivity contribution in [1.82, 2.24) is 35.5 Å². The zero-order valence-electron chi connectivity index (χ0n) is 23.8. The maximum atomic E-state index is 13.5. The lowest BCUT2D eigenvalue weighted by Crippen LogP contribution is -2.29. The van der Waals surface area contributed by atoms with E-state index in [1.165, 1.54) is 7.11 Å². The van der Waals surface area contributed by atoms with Crippen LogP contribution in [0.2, 0.25) is 0 Å². The largest absolute Gasteiger partial charge is 0.464 e. The number of methoxy groups -OCH3 is 1. The molecule has 3 heterocycles. The van der Waals surface area contributed by atoms with Crippen molar-refractivity contribution in [2.24, 2.45) is 0 Å². The van der Waals surface area contributed by atoms with Crippen LogP contribution >= 0.6 is 0 Å². The predicted molar refractivity (Wildman–Crippen MR) is 163 cm³/mol. The number of tetrazole rings is 1. The first kappa shape index (κ1) is 27.3. The van der Waals surface area contributed by atoms with Gasteiger partial charge in [0.15, 0.2) is 0 Å². The SMILES string of the molecule is COC(=O)/C(=C/c1cnc2ccccc2c1)NC(=O)c1c(C)cc(-n2nnnc2NCc2cccc3[nH]ccc23)cc1C. The molecule has 0 bridgehead atoms. The minimum atomic E-state index is -0.673. The van der Waals surface area contributed by atoms with Crippen molar-refractivity contribution in [2.75, 3.05) is 12.4 Å². The van der Waals surface area contributed by atoms with E-state index in [0.717, 1.165) is 27.4 Å². The van der Waals surface area contributed by atoms with Crippen molar-refractivity contribution in [3.05, 3.63) is 113 Å². The molecule has 0 fully saturated rings. The molecule has 3 N–H and O–H groups in total. The van der Waals surface area contributed by atoms with Crippen LogP contribution in [0, 0.1) is 13.8 Å². The summed E-state index contributed by atoms with van der Waals surface area (Å²) in [6.45, 7) is 4.16. The highest BCUT2D eigenvalue weighted by molar-refractivity contribution is 6.05. The first-order valence-electron chi connectivity index (χ1n) is 13.6. The topological polar surface area (TPSA) is 140 Å². The van der Waals surface area contributed by atoms with Gasteiger partial charge >= 0.3 is 5.97 Å². The summed E-state index contributed by atoms with van der Waals surface area (Å²) in [5, 5.41) is 20.3. The third-order valence-corrected chi connectivity index (χ3v) is 7.16. The van der Waals surface area contributed by atoms with Crippen molar-refractivity contribution >= 4 is 45.7 Å². The molecule has 1 amide bonds. The van der Waals surface area contributed by atoms with E-state index in [2.05, 4.69) is 36.1 Å². The predicted octanol–water partition coefficient (Wildman–Crippen LogP) is 4.86. The second-order valence-electron chi connectivity index (χ2n) is 10.0. The highest BCUT2D eigenvalue weighted by atomic mass is 16.5. The van der Waals surface area contributed by atoms with Gasteiger partial charge in [-0.25, -0.2) is 4.79 Å². The Balaban J connectivity index is 1.24. The highest BCUT2D eigenvalue weighted by Crippen LogP contribution is 2.23. The first-order chi connectivity index (χ1) is 20.9. The number of nitrogens with zero attached hydrogens (tertiary/aromatic N) is 5. The number of anilines is 1. The van der Waals surface area contributed by atoms with E-state index in [1.807, 2.05) is 86.8 Å². The summed E-state index contributed by atoms with van der Waals surface area (Å²) in [6, 6.07) is 21.3. The summed E-state index contributed by atoms with van der Waals surface area (Å²) < 4.78 is 6.54. The quantitative estimate of drug-likeness (QED) is 0.174. The molecule has 6 rings (SSSR count). The molecule has 6 aromatic rings. The number of hydrogen-bond donors (Lipinski definition) is 3. The van der Waals surface area contributed by atoms with Crippen LogP contribution in [0.25, 0.3) is 33.6 Å². The van der Waals surface area contributed by atoms with Crippen molar-refractivity contribution in [2.45, 2.75) is 20.4 Å². The molecule has 0 radical (unpaired) electrons. The van der Waals surface area contributed by atoms with Gasteiger partial charge in [0.25, 0.3) is 5.91 Å². The number of carbonyl (C=O) groups is 2. The lowest BCUT2D eigenvalue weighted by Gasteiger charge is -2.15. The second-order valence-corrected chi connectivity index (χ2v) is 10.0. The van der Waals surface area contributed by atoms with Gasteiger partial charge in [-0.2, -0.15) is 4.68 Å². The van der Waals surface area contributed by atoms with Crippen LogP contribution in [0.15, 0.2) is 84.8 Å². The van der Waals surface area contributed by atoms with Gasteiger partial charge in [-0.05, 0) is 89.0 Å². The van der Waals surface area contributed by atoms with Crippen molar-refractivity contribution < 1.29 is 14.3 Å². The summed E-state index contributed by atoms with van der Waals surface area (Å²) in [5.41, 5.74) is 6.10.